The Morgan fingerprint density at radius 3 is 2.30 bits per heavy atom. The fourth-order valence-electron chi connectivity index (χ4n) is 1.56. The molecule has 2 N–H and O–H groups in total. The van der Waals surface area contributed by atoms with Gasteiger partial charge >= 0.3 is 0 Å². The molecule has 0 heterocycles. The Bertz CT molecular complexity index is 155. The molecule has 1 heteroatoms. The van der Waals surface area contributed by atoms with Crippen molar-refractivity contribution in [2.75, 3.05) is 0 Å². The monoisotopic (exact) mass is 137 g/mol. The molecule has 56 valence electrons. The minimum Gasteiger partial charge on any atom is -0.315 e. The Kier molecular flexibility index (Phi) is 2.34. The van der Waals surface area contributed by atoms with Gasteiger partial charge in [-0.05, 0) is 19.8 Å². The average molecular weight is 137 g/mol. The van der Waals surface area contributed by atoms with Gasteiger partial charge in [-0.25, -0.2) is 0 Å². The Morgan fingerprint density at radius 2 is 1.80 bits per heavy atom. The second-order valence-corrected chi connectivity index (χ2v) is 3.09. The molecule has 1 saturated carbocycles. The van der Waals surface area contributed by atoms with Crippen molar-refractivity contribution in [3.8, 4) is 11.8 Å². The molecule has 0 aromatic carbocycles. The van der Waals surface area contributed by atoms with Crippen LogP contribution < -0.4 is 5.73 Å². The third-order valence-electron chi connectivity index (χ3n) is 2.12. The first kappa shape index (κ1) is 7.63. The van der Waals surface area contributed by atoms with Crippen LogP contribution in [0.15, 0.2) is 0 Å². The summed E-state index contributed by atoms with van der Waals surface area (Å²) in [7, 11) is 0. The highest BCUT2D eigenvalue weighted by atomic mass is 14.7. The summed E-state index contributed by atoms with van der Waals surface area (Å²) in [5.74, 6) is 5.99. The first-order chi connectivity index (χ1) is 4.77. The smallest absolute Gasteiger partial charge is 0.0775 e. The number of hydrogen-bond donors (Lipinski definition) is 1. The zero-order valence-corrected chi connectivity index (χ0v) is 6.61. The molecule has 1 aliphatic carbocycles. The van der Waals surface area contributed by atoms with Gasteiger partial charge in [-0.15, -0.1) is 5.92 Å². The summed E-state index contributed by atoms with van der Waals surface area (Å²) in [4.78, 5) is 0. The first-order valence-corrected chi connectivity index (χ1v) is 4.00. The van der Waals surface area contributed by atoms with Crippen molar-refractivity contribution in [2.24, 2.45) is 5.73 Å². The van der Waals surface area contributed by atoms with Gasteiger partial charge in [0.05, 0.1) is 5.54 Å². The van der Waals surface area contributed by atoms with Crippen LogP contribution in [0.1, 0.15) is 39.0 Å². The van der Waals surface area contributed by atoms with Gasteiger partial charge in [0.15, 0.2) is 0 Å². The summed E-state index contributed by atoms with van der Waals surface area (Å²) in [6.45, 7) is 1.86. The number of rotatable bonds is 0. The van der Waals surface area contributed by atoms with Crippen molar-refractivity contribution in [1.29, 1.82) is 0 Å². The number of nitrogens with two attached hydrogens (primary N) is 1. The highest BCUT2D eigenvalue weighted by Crippen LogP contribution is 2.24. The molecule has 1 rings (SSSR count). The summed E-state index contributed by atoms with van der Waals surface area (Å²) in [6.07, 6.45) is 6.03. The topological polar surface area (TPSA) is 26.0 Å². The van der Waals surface area contributed by atoms with Gasteiger partial charge in [0.2, 0.25) is 0 Å². The van der Waals surface area contributed by atoms with E-state index in [9.17, 15) is 0 Å². The molecular weight excluding hydrogens is 122 g/mol. The summed E-state index contributed by atoms with van der Waals surface area (Å²) >= 11 is 0. The molecule has 10 heavy (non-hydrogen) atoms. The number of hydrogen-bond acceptors (Lipinski definition) is 1. The molecule has 0 radical (unpaired) electrons. The van der Waals surface area contributed by atoms with Gasteiger partial charge < -0.3 is 5.73 Å². The van der Waals surface area contributed by atoms with Crippen molar-refractivity contribution in [2.45, 2.75) is 44.6 Å². The zero-order chi connectivity index (χ0) is 7.45. The van der Waals surface area contributed by atoms with Crippen molar-refractivity contribution in [1.82, 2.24) is 0 Å². The van der Waals surface area contributed by atoms with Crippen molar-refractivity contribution >= 4 is 0 Å². The summed E-state index contributed by atoms with van der Waals surface area (Å²) in [6, 6.07) is 0. The molecular formula is C9H15N. The van der Waals surface area contributed by atoms with Crippen LogP contribution in [0, 0.1) is 11.8 Å². The van der Waals surface area contributed by atoms with Crippen LogP contribution >= 0.6 is 0 Å². The molecule has 0 aromatic heterocycles. The molecule has 0 unspecified atom stereocenters. The standard InChI is InChI=1S/C9H15N/c1-2-6-9(10)7-4-3-5-8-9/h3-5,7-8,10H2,1H3. The van der Waals surface area contributed by atoms with Crippen molar-refractivity contribution in [3.63, 3.8) is 0 Å². The summed E-state index contributed by atoms with van der Waals surface area (Å²) in [5.41, 5.74) is 5.86. The minimum atomic E-state index is -0.132. The van der Waals surface area contributed by atoms with E-state index < -0.39 is 0 Å². The summed E-state index contributed by atoms with van der Waals surface area (Å²) in [5, 5.41) is 0. The lowest BCUT2D eigenvalue weighted by Crippen LogP contribution is -2.39. The quantitative estimate of drug-likeness (QED) is 0.505. The van der Waals surface area contributed by atoms with Crippen LogP contribution in [0.4, 0.5) is 0 Å². The molecule has 0 spiro atoms. The molecule has 0 bridgehead atoms. The fraction of sp³-hybridized carbons (Fsp3) is 0.778. The van der Waals surface area contributed by atoms with E-state index in [1.165, 1.54) is 19.3 Å². The maximum absolute atomic E-state index is 6.00. The highest BCUT2D eigenvalue weighted by molar-refractivity contribution is 5.15. The third-order valence-corrected chi connectivity index (χ3v) is 2.12. The second kappa shape index (κ2) is 3.07. The normalized spacial score (nSPS) is 23.0. The van der Waals surface area contributed by atoms with Crippen LogP contribution in [-0.4, -0.2) is 5.54 Å². The molecule has 0 atom stereocenters. The lowest BCUT2D eigenvalue weighted by Gasteiger charge is -2.27. The minimum absolute atomic E-state index is 0.132. The van der Waals surface area contributed by atoms with Crippen LogP contribution in [0.3, 0.4) is 0 Å². The lowest BCUT2D eigenvalue weighted by atomic mass is 9.83. The van der Waals surface area contributed by atoms with Crippen LogP contribution in [0.2, 0.25) is 0 Å². The summed E-state index contributed by atoms with van der Waals surface area (Å²) < 4.78 is 0. The van der Waals surface area contributed by atoms with E-state index in [1.54, 1.807) is 0 Å². The second-order valence-electron chi connectivity index (χ2n) is 3.09. The molecule has 1 fully saturated rings. The van der Waals surface area contributed by atoms with E-state index in [0.29, 0.717) is 0 Å². The Hall–Kier alpha value is -0.480. The van der Waals surface area contributed by atoms with Gasteiger partial charge in [-0.3, -0.25) is 0 Å². The molecule has 0 aromatic rings. The van der Waals surface area contributed by atoms with Gasteiger partial charge in [0, 0.05) is 0 Å². The van der Waals surface area contributed by atoms with Crippen LogP contribution in [0.5, 0.6) is 0 Å². The molecule has 0 amide bonds. The molecule has 0 aliphatic heterocycles. The largest absolute Gasteiger partial charge is 0.315 e. The molecule has 1 aliphatic rings. The van der Waals surface area contributed by atoms with E-state index in [-0.39, 0.29) is 5.54 Å². The van der Waals surface area contributed by atoms with E-state index >= 15 is 0 Å². The Labute approximate surface area is 63.0 Å². The fourth-order valence-corrected chi connectivity index (χ4v) is 1.56. The van der Waals surface area contributed by atoms with Gasteiger partial charge in [-0.2, -0.15) is 0 Å². The van der Waals surface area contributed by atoms with Crippen LogP contribution in [0.25, 0.3) is 0 Å². The van der Waals surface area contributed by atoms with Gasteiger partial charge in [-0.1, -0.05) is 25.2 Å². The highest BCUT2D eigenvalue weighted by Gasteiger charge is 2.24. The van der Waals surface area contributed by atoms with Gasteiger partial charge in [0.1, 0.15) is 0 Å². The van der Waals surface area contributed by atoms with E-state index in [4.69, 9.17) is 5.73 Å². The van der Waals surface area contributed by atoms with Crippen molar-refractivity contribution < 1.29 is 0 Å². The van der Waals surface area contributed by atoms with Crippen LogP contribution in [-0.2, 0) is 0 Å². The predicted molar refractivity (Wildman–Crippen MR) is 43.5 cm³/mol. The molecule has 0 saturated heterocycles. The van der Waals surface area contributed by atoms with Crippen molar-refractivity contribution in [3.05, 3.63) is 0 Å². The third kappa shape index (κ3) is 1.75. The predicted octanol–water partition coefficient (Wildman–Crippen LogP) is 1.67. The maximum atomic E-state index is 6.00. The van der Waals surface area contributed by atoms with E-state index in [0.717, 1.165) is 12.8 Å². The first-order valence-electron chi connectivity index (χ1n) is 4.00. The zero-order valence-electron chi connectivity index (χ0n) is 6.61. The SMILES string of the molecule is CC#CC1(N)CCCCC1. The maximum Gasteiger partial charge on any atom is 0.0775 e. The molecule has 1 nitrogen and oxygen atoms in total. The average Bonchev–Trinajstić information content (AvgIpc) is 1.89. The van der Waals surface area contributed by atoms with E-state index in [2.05, 4.69) is 11.8 Å². The Balaban J connectivity index is 2.53. The Morgan fingerprint density at radius 1 is 1.20 bits per heavy atom. The van der Waals surface area contributed by atoms with Gasteiger partial charge in [0.25, 0.3) is 0 Å². The van der Waals surface area contributed by atoms with E-state index in [1.807, 2.05) is 6.92 Å². The lowest BCUT2D eigenvalue weighted by molar-refractivity contribution is 0.370.